The molecule has 2 aromatic heterocycles. The van der Waals surface area contributed by atoms with Crippen LogP contribution in [-0.2, 0) is 28.1 Å². The zero-order valence-corrected chi connectivity index (χ0v) is 25.0. The van der Waals surface area contributed by atoms with Crippen molar-refractivity contribution in [2.75, 3.05) is 0 Å². The Morgan fingerprint density at radius 2 is 1.50 bits per heavy atom. The number of hydrogen-bond donors (Lipinski definition) is 0. The first kappa shape index (κ1) is 27.4. The van der Waals surface area contributed by atoms with Gasteiger partial charge in [0.25, 0.3) is 0 Å². The van der Waals surface area contributed by atoms with Crippen LogP contribution in [0.25, 0.3) is 39.5 Å². The predicted octanol–water partition coefficient (Wildman–Crippen LogP) is 7.92. The molecule has 6 heteroatoms. The van der Waals surface area contributed by atoms with Gasteiger partial charge in [-0.1, -0.05) is 54.1 Å². The summed E-state index contributed by atoms with van der Waals surface area (Å²) < 4.78 is 10.1. The molecule has 0 saturated heterocycles. The monoisotopic (exact) mass is 703 g/mol. The maximum atomic E-state index is 6.22. The SMILES string of the molecule is Cc1cc(C)c(-c2cnn(-c3[c-]c(Oc4[c-]c(-c5nccn5C)ccc4)ccc3)c2-c2ccccc2)c(C)c1.[Pt+2]. The standard InChI is InChI=1S/C34H28N4O.Pt/c1-23-18-24(2)32(25(3)19-23)31-22-36-38(33(31)26-10-6-5-7-11-26)28-13-9-15-30(21-28)39-29-14-8-12-27(20-29)34-35-16-17-37(34)4;/h5-19,22H,1-4H3;/q-2;+2. The van der Waals surface area contributed by atoms with Crippen LogP contribution < -0.4 is 4.74 Å². The molecule has 0 fully saturated rings. The minimum atomic E-state index is 0. The number of ether oxygens (including phenoxy) is 1. The zero-order valence-electron chi connectivity index (χ0n) is 22.8. The summed E-state index contributed by atoms with van der Waals surface area (Å²) in [5.74, 6) is 2.01. The minimum absolute atomic E-state index is 0. The number of hydrogen-bond acceptors (Lipinski definition) is 3. The van der Waals surface area contributed by atoms with Gasteiger partial charge in [-0.3, -0.25) is 9.67 Å². The summed E-state index contributed by atoms with van der Waals surface area (Å²) in [6, 6.07) is 33.2. The van der Waals surface area contributed by atoms with Gasteiger partial charge in [0.2, 0.25) is 0 Å². The van der Waals surface area contributed by atoms with Crippen molar-refractivity contribution in [1.29, 1.82) is 0 Å². The Balaban J connectivity index is 0.00000323. The molecule has 4 aromatic carbocycles. The third-order valence-corrected chi connectivity index (χ3v) is 6.79. The summed E-state index contributed by atoms with van der Waals surface area (Å²) in [5, 5.41) is 4.86. The molecule has 40 heavy (non-hydrogen) atoms. The van der Waals surface area contributed by atoms with Crippen LogP contribution in [-0.4, -0.2) is 19.3 Å². The molecular formula is C34H28N4OPt. The molecule has 200 valence electrons. The molecule has 0 aliphatic rings. The van der Waals surface area contributed by atoms with E-state index in [1.165, 1.54) is 22.3 Å². The molecule has 0 aliphatic carbocycles. The van der Waals surface area contributed by atoms with Crippen molar-refractivity contribution in [3.8, 4) is 51.0 Å². The Morgan fingerprint density at radius 3 is 2.20 bits per heavy atom. The Bertz CT molecular complexity index is 1760. The van der Waals surface area contributed by atoms with E-state index < -0.39 is 0 Å². The summed E-state index contributed by atoms with van der Waals surface area (Å²) in [6.45, 7) is 6.46. The molecule has 6 aromatic rings. The third kappa shape index (κ3) is 5.30. The maximum absolute atomic E-state index is 6.22. The molecule has 0 spiro atoms. The molecule has 5 nitrogen and oxygen atoms in total. The van der Waals surface area contributed by atoms with E-state index in [0.29, 0.717) is 11.5 Å². The first-order valence-corrected chi connectivity index (χ1v) is 12.9. The molecule has 2 heterocycles. The van der Waals surface area contributed by atoms with Crippen LogP contribution in [0, 0.1) is 32.9 Å². The quantitative estimate of drug-likeness (QED) is 0.166. The van der Waals surface area contributed by atoms with Gasteiger partial charge in [-0.25, -0.2) is 0 Å². The van der Waals surface area contributed by atoms with Crippen molar-refractivity contribution < 1.29 is 25.8 Å². The van der Waals surface area contributed by atoms with Crippen molar-refractivity contribution in [1.82, 2.24) is 19.3 Å². The number of rotatable bonds is 6. The van der Waals surface area contributed by atoms with Crippen molar-refractivity contribution in [3.63, 3.8) is 0 Å². The van der Waals surface area contributed by atoms with Gasteiger partial charge < -0.3 is 9.30 Å². The molecule has 0 aliphatic heterocycles. The minimum Gasteiger partial charge on any atom is -0.503 e. The second kappa shape index (κ2) is 11.5. The van der Waals surface area contributed by atoms with E-state index in [4.69, 9.17) is 9.84 Å². The summed E-state index contributed by atoms with van der Waals surface area (Å²) >= 11 is 0. The van der Waals surface area contributed by atoms with Crippen LogP contribution in [0.3, 0.4) is 0 Å². The van der Waals surface area contributed by atoms with Gasteiger partial charge in [-0.05, 0) is 43.1 Å². The fourth-order valence-corrected chi connectivity index (χ4v) is 5.19. The number of benzene rings is 4. The predicted molar refractivity (Wildman–Crippen MR) is 155 cm³/mol. The smallest absolute Gasteiger partial charge is 0.503 e. The average Bonchev–Trinajstić information content (AvgIpc) is 3.55. The van der Waals surface area contributed by atoms with Gasteiger partial charge in [-0.2, -0.15) is 11.2 Å². The molecule has 6 rings (SSSR count). The molecule has 0 radical (unpaired) electrons. The largest absolute Gasteiger partial charge is 2.00 e. The van der Waals surface area contributed by atoms with Crippen molar-refractivity contribution in [3.05, 3.63) is 126 Å². The summed E-state index contributed by atoms with van der Waals surface area (Å²) in [6.07, 6.45) is 5.64. The van der Waals surface area contributed by atoms with Crippen molar-refractivity contribution in [2.45, 2.75) is 20.8 Å². The summed E-state index contributed by atoms with van der Waals surface area (Å²) in [7, 11) is 1.96. The van der Waals surface area contributed by atoms with Crippen LogP contribution in [0.15, 0.2) is 97.5 Å². The summed E-state index contributed by atoms with van der Waals surface area (Å²) in [4.78, 5) is 4.43. The van der Waals surface area contributed by atoms with Crippen LogP contribution in [0.2, 0.25) is 0 Å². The topological polar surface area (TPSA) is 44.9 Å². The molecular weight excluding hydrogens is 675 g/mol. The van der Waals surface area contributed by atoms with Crippen LogP contribution in [0.1, 0.15) is 16.7 Å². The molecule has 0 atom stereocenters. The van der Waals surface area contributed by atoms with Gasteiger partial charge >= 0.3 is 21.1 Å². The van der Waals surface area contributed by atoms with Gasteiger partial charge in [0.15, 0.2) is 0 Å². The second-order valence-corrected chi connectivity index (χ2v) is 9.75. The third-order valence-electron chi connectivity index (χ3n) is 6.79. The Morgan fingerprint density at radius 1 is 0.800 bits per heavy atom. The zero-order chi connectivity index (χ0) is 26.9. The molecule has 0 bridgehead atoms. The van der Waals surface area contributed by atoms with Crippen molar-refractivity contribution in [2.24, 2.45) is 7.05 Å². The van der Waals surface area contributed by atoms with Crippen LogP contribution in [0.5, 0.6) is 11.5 Å². The number of imidazole rings is 1. The van der Waals surface area contributed by atoms with E-state index in [0.717, 1.165) is 33.9 Å². The van der Waals surface area contributed by atoms with Crippen LogP contribution in [0.4, 0.5) is 0 Å². The van der Waals surface area contributed by atoms with E-state index in [1.54, 1.807) is 6.20 Å². The van der Waals surface area contributed by atoms with Crippen molar-refractivity contribution >= 4 is 0 Å². The van der Waals surface area contributed by atoms with E-state index in [2.05, 4.69) is 74.3 Å². The van der Waals surface area contributed by atoms with E-state index >= 15 is 0 Å². The van der Waals surface area contributed by atoms with Crippen LogP contribution >= 0.6 is 0 Å². The van der Waals surface area contributed by atoms with Gasteiger partial charge in [0.1, 0.15) is 0 Å². The van der Waals surface area contributed by atoms with Gasteiger partial charge in [0.05, 0.1) is 17.7 Å². The van der Waals surface area contributed by atoms with Gasteiger partial charge in [0, 0.05) is 42.1 Å². The van der Waals surface area contributed by atoms with E-state index in [1.807, 2.05) is 71.2 Å². The second-order valence-electron chi connectivity index (χ2n) is 9.75. The summed E-state index contributed by atoms with van der Waals surface area (Å²) in [5.41, 5.74) is 9.77. The molecule has 0 unspecified atom stereocenters. The maximum Gasteiger partial charge on any atom is 2.00 e. The molecule has 0 amide bonds. The Labute approximate surface area is 249 Å². The Hall–Kier alpha value is -4.21. The van der Waals surface area contributed by atoms with E-state index in [-0.39, 0.29) is 21.1 Å². The number of aryl methyl sites for hydroxylation is 4. The normalized spacial score (nSPS) is 10.8. The first-order chi connectivity index (χ1) is 19.0. The average molecular weight is 704 g/mol. The molecule has 0 N–H and O–H groups in total. The Kier molecular flexibility index (Phi) is 7.86. The fraction of sp³-hybridized carbons (Fsp3) is 0.118. The molecule has 0 saturated carbocycles. The first-order valence-electron chi connectivity index (χ1n) is 12.9. The van der Waals surface area contributed by atoms with E-state index in [9.17, 15) is 0 Å². The number of nitrogens with zero attached hydrogens (tertiary/aromatic N) is 4. The van der Waals surface area contributed by atoms with Gasteiger partial charge in [-0.15, -0.1) is 42.0 Å². The number of aromatic nitrogens is 4. The fourth-order valence-electron chi connectivity index (χ4n) is 5.19.